The predicted molar refractivity (Wildman–Crippen MR) is 361 cm³/mol. The van der Waals surface area contributed by atoms with E-state index < -0.39 is 0 Å². The summed E-state index contributed by atoms with van der Waals surface area (Å²) in [6, 6.07) is 0. The SMILES string of the molecule is C1CCC(C2CCC(C3CCC(C4CCC(C5CCC(C6CCC(C7(C8CCC(C9CCC(C%10CCC(C%11CCC(C%12CCC(C%13CCCCC%13)CC%12)CC%11)CC%10)CC9)CC8)C8CCCCC8C8CCCCC87)CC6)CC5)CC4)CC3)CC2)CC1. The smallest absolute Gasteiger partial charge is 0.0179 e. The van der Waals surface area contributed by atoms with Crippen molar-refractivity contribution < 1.29 is 0 Å². The van der Waals surface area contributed by atoms with Gasteiger partial charge in [0.1, 0.15) is 0 Å². The quantitative estimate of drug-likeness (QED) is 0.183. The molecule has 15 aliphatic rings. The third-order valence-corrected chi connectivity index (χ3v) is 34.9. The fraction of sp³-hybridized carbons (Fsp3) is 1.00. The molecule has 0 bridgehead atoms. The third-order valence-electron chi connectivity index (χ3n) is 34.9. The summed E-state index contributed by atoms with van der Waals surface area (Å²) in [5.74, 6) is 28.8. The van der Waals surface area contributed by atoms with E-state index in [2.05, 4.69) is 0 Å². The topological polar surface area (TPSA) is 0 Å². The lowest BCUT2D eigenvalue weighted by Gasteiger charge is -2.57. The zero-order chi connectivity index (χ0) is 56.5. The molecule has 0 spiro atoms. The van der Waals surface area contributed by atoms with E-state index in [4.69, 9.17) is 0 Å². The second kappa shape index (κ2) is 28.7. The minimum absolute atomic E-state index is 0.749. The van der Waals surface area contributed by atoms with E-state index in [-0.39, 0.29) is 0 Å². The second-order valence-electron chi connectivity index (χ2n) is 37.5. The number of fused-ring (bicyclic) bond motifs is 3. The summed E-state index contributed by atoms with van der Waals surface area (Å²) in [6.07, 6.45) is 93.4. The van der Waals surface area contributed by atoms with Crippen molar-refractivity contribution >= 4 is 0 Å². The normalized spacial score (nSPS) is 50.4. The molecule has 4 unspecified atom stereocenters. The van der Waals surface area contributed by atoms with Gasteiger partial charge in [-0.2, -0.15) is 0 Å². The number of hydrogen-bond donors (Lipinski definition) is 0. The summed E-state index contributed by atoms with van der Waals surface area (Å²) in [7, 11) is 0. The largest absolute Gasteiger partial charge is 0.0533 e. The summed E-state index contributed by atoms with van der Waals surface area (Å²) in [6.45, 7) is 0. The van der Waals surface area contributed by atoms with Crippen molar-refractivity contribution in [1.29, 1.82) is 0 Å². The van der Waals surface area contributed by atoms with Crippen molar-refractivity contribution in [2.24, 2.45) is 159 Å². The molecule has 15 rings (SSSR count). The van der Waals surface area contributed by atoms with Crippen LogP contribution in [0.2, 0.25) is 0 Å². The van der Waals surface area contributed by atoms with Gasteiger partial charge in [0.2, 0.25) is 0 Å². The minimum Gasteiger partial charge on any atom is -0.0533 e. The zero-order valence-corrected chi connectivity index (χ0v) is 56.5. The lowest BCUT2D eigenvalue weighted by atomic mass is 9.47. The Morgan fingerprint density at radius 1 is 0.118 bits per heavy atom. The fourth-order valence-corrected chi connectivity index (χ4v) is 30.5. The van der Waals surface area contributed by atoms with Gasteiger partial charge in [-0.25, -0.2) is 0 Å². The van der Waals surface area contributed by atoms with Crippen molar-refractivity contribution in [3.8, 4) is 0 Å². The Labute approximate surface area is 528 Å². The molecular formula is C85H142. The van der Waals surface area contributed by atoms with Crippen LogP contribution in [0.1, 0.15) is 372 Å². The van der Waals surface area contributed by atoms with E-state index in [1.807, 2.05) is 0 Å². The molecular weight excluding hydrogens is 1020 g/mol. The minimum atomic E-state index is 0.749. The first-order chi connectivity index (χ1) is 42.1. The Morgan fingerprint density at radius 3 is 0.447 bits per heavy atom. The maximum atomic E-state index is 1.67. The molecule has 0 radical (unpaired) electrons. The van der Waals surface area contributed by atoms with E-state index in [0.717, 1.165) is 159 Å². The molecule has 0 N–H and O–H groups in total. The average Bonchev–Trinajstić information content (AvgIpc) is 1.66. The molecule has 15 fully saturated rings. The summed E-state index contributed by atoms with van der Waals surface area (Å²) in [5.41, 5.74) is 0.749. The molecule has 15 aliphatic carbocycles. The summed E-state index contributed by atoms with van der Waals surface area (Å²) in [5, 5.41) is 0. The lowest BCUT2D eigenvalue weighted by Crippen LogP contribution is -2.50. The first kappa shape index (κ1) is 61.2. The van der Waals surface area contributed by atoms with Gasteiger partial charge in [-0.05, 0) is 442 Å². The fourth-order valence-electron chi connectivity index (χ4n) is 30.5. The van der Waals surface area contributed by atoms with Crippen LogP contribution in [0, 0.1) is 159 Å². The van der Waals surface area contributed by atoms with Gasteiger partial charge >= 0.3 is 0 Å². The molecule has 0 aromatic rings. The van der Waals surface area contributed by atoms with Crippen molar-refractivity contribution in [3.63, 3.8) is 0 Å². The van der Waals surface area contributed by atoms with Gasteiger partial charge in [0.05, 0.1) is 0 Å². The molecule has 0 saturated heterocycles. The van der Waals surface area contributed by atoms with Gasteiger partial charge < -0.3 is 0 Å². The highest BCUT2D eigenvalue weighted by Gasteiger charge is 2.65. The van der Waals surface area contributed by atoms with Crippen LogP contribution in [-0.2, 0) is 0 Å². The average molecular weight is 1160 g/mol. The van der Waals surface area contributed by atoms with Crippen LogP contribution in [0.3, 0.4) is 0 Å². The van der Waals surface area contributed by atoms with Crippen LogP contribution in [0.4, 0.5) is 0 Å². The molecule has 4 atom stereocenters. The molecule has 0 amide bonds. The van der Waals surface area contributed by atoms with E-state index in [1.54, 1.807) is 360 Å². The first-order valence-electron chi connectivity index (χ1n) is 42.1. The molecule has 0 nitrogen and oxygen atoms in total. The molecule has 482 valence electrons. The maximum absolute atomic E-state index is 1.67. The van der Waals surface area contributed by atoms with E-state index >= 15 is 0 Å². The lowest BCUT2D eigenvalue weighted by molar-refractivity contribution is -0.0880. The van der Waals surface area contributed by atoms with E-state index in [9.17, 15) is 0 Å². The van der Waals surface area contributed by atoms with Crippen LogP contribution in [0.15, 0.2) is 0 Å². The zero-order valence-electron chi connectivity index (χ0n) is 56.5. The molecule has 0 heteroatoms. The van der Waals surface area contributed by atoms with Crippen molar-refractivity contribution in [3.05, 3.63) is 0 Å². The van der Waals surface area contributed by atoms with Crippen LogP contribution in [0.25, 0.3) is 0 Å². The Morgan fingerprint density at radius 2 is 0.259 bits per heavy atom. The van der Waals surface area contributed by atoms with Gasteiger partial charge in [0.15, 0.2) is 0 Å². The standard InChI is InChI=1S/C85H142/c1-3-11-59(12-4-1)61-19-23-63(24-20-61)65-27-31-67(32-28-65)69-35-39-71(40-36-69)73-43-47-75(48-44-73)77-51-55-79(56-52-77)85(83-17-9-7-15-81(83)82-16-8-10-18-84(82)85)80-57-53-78(54-58-80)76-49-45-74(46-50-76)72-41-37-70(38-42-72)68-33-29-66(30-34-68)64-25-21-62(22-26-64)60-13-5-2-6-14-60/h59-84H,1-58H2. The van der Waals surface area contributed by atoms with Crippen LogP contribution in [-0.4, -0.2) is 0 Å². The molecule has 0 aliphatic heterocycles. The third kappa shape index (κ3) is 13.3. The van der Waals surface area contributed by atoms with Crippen LogP contribution in [0.5, 0.6) is 0 Å². The van der Waals surface area contributed by atoms with Crippen LogP contribution < -0.4 is 0 Å². The monoisotopic (exact) mass is 1160 g/mol. The second-order valence-corrected chi connectivity index (χ2v) is 37.5. The summed E-state index contributed by atoms with van der Waals surface area (Å²) >= 11 is 0. The highest BCUT2D eigenvalue weighted by atomic mass is 14.7. The highest BCUT2D eigenvalue weighted by molar-refractivity contribution is 5.14. The van der Waals surface area contributed by atoms with Crippen LogP contribution >= 0.6 is 0 Å². The first-order valence-corrected chi connectivity index (χ1v) is 42.1. The number of hydrogen-bond acceptors (Lipinski definition) is 0. The molecule has 15 saturated carbocycles. The van der Waals surface area contributed by atoms with Gasteiger partial charge in [-0.1, -0.05) is 89.9 Å². The Bertz CT molecular complexity index is 1790. The predicted octanol–water partition coefficient (Wildman–Crippen LogP) is 25.8. The molecule has 0 aromatic carbocycles. The number of rotatable bonds is 12. The summed E-state index contributed by atoms with van der Waals surface area (Å²) in [4.78, 5) is 0. The van der Waals surface area contributed by atoms with Crippen molar-refractivity contribution in [2.75, 3.05) is 0 Å². The van der Waals surface area contributed by atoms with E-state index in [0.29, 0.717) is 0 Å². The van der Waals surface area contributed by atoms with Crippen molar-refractivity contribution in [1.82, 2.24) is 0 Å². The van der Waals surface area contributed by atoms with E-state index in [1.165, 1.54) is 12.8 Å². The molecule has 0 heterocycles. The summed E-state index contributed by atoms with van der Waals surface area (Å²) < 4.78 is 0. The molecule has 85 heavy (non-hydrogen) atoms. The van der Waals surface area contributed by atoms with Gasteiger partial charge in [-0.3, -0.25) is 0 Å². The maximum Gasteiger partial charge on any atom is -0.0179 e. The highest BCUT2D eigenvalue weighted by Crippen LogP contribution is 2.73. The van der Waals surface area contributed by atoms with Gasteiger partial charge in [0, 0.05) is 0 Å². The Hall–Kier alpha value is 0. The van der Waals surface area contributed by atoms with Gasteiger partial charge in [-0.15, -0.1) is 0 Å². The van der Waals surface area contributed by atoms with Gasteiger partial charge in [0.25, 0.3) is 0 Å². The van der Waals surface area contributed by atoms with Crippen molar-refractivity contribution in [2.45, 2.75) is 372 Å². The molecule has 0 aromatic heterocycles. The Balaban J connectivity index is 0.488. The Kier molecular flexibility index (Phi) is 20.7.